The Morgan fingerprint density at radius 3 is 2.03 bits per heavy atom. The third-order valence-corrected chi connectivity index (χ3v) is 11.5. The molecular weight excluding hydrogens is 380 g/mol. The topological polar surface area (TPSA) is 52.6 Å². The van der Waals surface area contributed by atoms with Gasteiger partial charge in [-0.25, -0.2) is 0 Å². The Morgan fingerprint density at radius 2 is 1.55 bits per heavy atom. The summed E-state index contributed by atoms with van der Waals surface area (Å²) < 4.78 is 12.6. The summed E-state index contributed by atoms with van der Waals surface area (Å²) >= 11 is 0. The number of fused-ring (bicyclic) bond motifs is 1. The molecule has 1 saturated heterocycles. The first-order chi connectivity index (χ1) is 13.9. The molecular formula is C24H28O4Si. The molecule has 29 heavy (non-hydrogen) atoms. The molecule has 4 nitrogen and oxygen atoms in total. The van der Waals surface area contributed by atoms with Crippen molar-refractivity contribution in [1.29, 1.82) is 0 Å². The van der Waals surface area contributed by atoms with Crippen molar-refractivity contribution in [1.82, 2.24) is 0 Å². The van der Waals surface area contributed by atoms with Crippen molar-refractivity contribution < 1.29 is 18.8 Å². The van der Waals surface area contributed by atoms with Crippen LogP contribution in [0.1, 0.15) is 33.6 Å². The zero-order chi connectivity index (χ0) is 20.6. The first kappa shape index (κ1) is 20.0. The Labute approximate surface area is 173 Å². The molecule has 0 N–H and O–H groups in total. The highest BCUT2D eigenvalue weighted by Crippen LogP contribution is 2.45. The summed E-state index contributed by atoms with van der Waals surface area (Å²) in [6.45, 7) is 6.68. The van der Waals surface area contributed by atoms with E-state index in [1.807, 2.05) is 12.1 Å². The highest BCUT2D eigenvalue weighted by molar-refractivity contribution is 6.99. The minimum absolute atomic E-state index is 0.0665. The van der Waals surface area contributed by atoms with E-state index in [0.29, 0.717) is 12.8 Å². The van der Waals surface area contributed by atoms with Crippen molar-refractivity contribution in [2.45, 2.75) is 50.9 Å². The summed E-state index contributed by atoms with van der Waals surface area (Å²) in [6.07, 6.45) is 1.43. The highest BCUT2D eigenvalue weighted by Gasteiger charge is 2.57. The predicted molar refractivity (Wildman–Crippen MR) is 115 cm³/mol. The van der Waals surface area contributed by atoms with Gasteiger partial charge in [0.25, 0.3) is 8.32 Å². The average molecular weight is 409 g/mol. The number of esters is 1. The lowest BCUT2D eigenvalue weighted by molar-refractivity contribution is -0.141. The fourth-order valence-corrected chi connectivity index (χ4v) is 9.85. The molecule has 0 radical (unpaired) electrons. The first-order valence-corrected chi connectivity index (χ1v) is 12.2. The smallest absolute Gasteiger partial charge is 0.306 e. The molecule has 2 aromatic rings. The molecule has 4 rings (SSSR count). The lowest BCUT2D eigenvalue weighted by Crippen LogP contribution is -2.68. The molecule has 0 amide bonds. The molecule has 2 aromatic carbocycles. The standard InChI is InChI=1S/C24H28O4Si/c1-24(2,3)29(17-10-6-4-7-11-17,18-12-8-5-9-13-18)28-22-15-21-19(20(22)16-25)14-23(26)27-21/h4-13,16,19-22H,14-15H2,1-3H3/t19-,20-,21+,22?/m1/s1. The second-order valence-corrected chi connectivity index (χ2v) is 13.4. The van der Waals surface area contributed by atoms with Crippen LogP contribution in [0, 0.1) is 11.8 Å². The van der Waals surface area contributed by atoms with Crippen LogP contribution in [0.5, 0.6) is 0 Å². The molecule has 1 aliphatic carbocycles. The maximum absolute atomic E-state index is 12.0. The van der Waals surface area contributed by atoms with E-state index in [1.165, 1.54) is 10.4 Å². The van der Waals surface area contributed by atoms with E-state index in [1.54, 1.807) is 0 Å². The third-order valence-electron chi connectivity index (χ3n) is 6.45. The quantitative estimate of drug-likeness (QED) is 0.433. The van der Waals surface area contributed by atoms with Gasteiger partial charge < -0.3 is 14.0 Å². The Balaban J connectivity index is 1.81. The molecule has 1 unspecified atom stereocenters. The van der Waals surface area contributed by atoms with Crippen molar-refractivity contribution in [2.24, 2.45) is 11.8 Å². The molecule has 1 saturated carbocycles. The summed E-state index contributed by atoms with van der Waals surface area (Å²) in [4.78, 5) is 23.8. The first-order valence-electron chi connectivity index (χ1n) is 10.3. The number of rotatable bonds is 5. The van der Waals surface area contributed by atoms with Crippen molar-refractivity contribution in [3.05, 3.63) is 60.7 Å². The molecule has 2 fully saturated rings. The number of hydrogen-bond acceptors (Lipinski definition) is 4. The second-order valence-electron chi connectivity index (χ2n) is 9.16. The van der Waals surface area contributed by atoms with Crippen molar-refractivity contribution >= 4 is 30.9 Å². The SMILES string of the molecule is CC(C)(C)[Si](OC1C[C@@H]2OC(=O)C[C@@H]2[C@H]1C=O)(c1ccccc1)c1ccccc1. The van der Waals surface area contributed by atoms with Crippen LogP contribution in [0.25, 0.3) is 0 Å². The minimum Gasteiger partial charge on any atom is -0.462 e. The van der Waals surface area contributed by atoms with Gasteiger partial charge in [-0.2, -0.15) is 0 Å². The highest BCUT2D eigenvalue weighted by atomic mass is 28.4. The van der Waals surface area contributed by atoms with E-state index in [4.69, 9.17) is 9.16 Å². The van der Waals surface area contributed by atoms with Crippen molar-refractivity contribution in [2.75, 3.05) is 0 Å². The lowest BCUT2D eigenvalue weighted by Gasteiger charge is -2.45. The van der Waals surface area contributed by atoms with Gasteiger partial charge in [0, 0.05) is 18.3 Å². The van der Waals surface area contributed by atoms with Crippen LogP contribution in [0.2, 0.25) is 5.04 Å². The van der Waals surface area contributed by atoms with Gasteiger partial charge in [0.2, 0.25) is 0 Å². The molecule has 4 atom stereocenters. The Bertz CT molecular complexity index is 835. The van der Waals surface area contributed by atoms with E-state index in [2.05, 4.69) is 69.3 Å². The fraction of sp³-hybridized carbons (Fsp3) is 0.417. The fourth-order valence-electron chi connectivity index (χ4n) is 5.13. The van der Waals surface area contributed by atoms with E-state index in [0.717, 1.165) is 6.29 Å². The van der Waals surface area contributed by atoms with E-state index in [-0.39, 0.29) is 35.1 Å². The average Bonchev–Trinajstić information content (AvgIpc) is 3.21. The Morgan fingerprint density at radius 1 is 1.00 bits per heavy atom. The van der Waals surface area contributed by atoms with Crippen molar-refractivity contribution in [3.63, 3.8) is 0 Å². The molecule has 0 spiro atoms. The maximum Gasteiger partial charge on any atom is 0.306 e. The van der Waals surface area contributed by atoms with Crippen LogP contribution < -0.4 is 10.4 Å². The summed E-state index contributed by atoms with van der Waals surface area (Å²) in [6, 6.07) is 20.8. The molecule has 0 bridgehead atoms. The predicted octanol–water partition coefficient (Wildman–Crippen LogP) is 3.08. The van der Waals surface area contributed by atoms with E-state index < -0.39 is 8.32 Å². The minimum atomic E-state index is -2.74. The molecule has 0 aromatic heterocycles. The largest absolute Gasteiger partial charge is 0.462 e. The van der Waals surface area contributed by atoms with Crippen LogP contribution in [-0.4, -0.2) is 32.8 Å². The van der Waals surface area contributed by atoms with E-state index in [9.17, 15) is 9.59 Å². The number of benzene rings is 2. The summed E-state index contributed by atoms with van der Waals surface area (Å²) in [5, 5.41) is 2.23. The molecule has 2 aliphatic rings. The molecule has 152 valence electrons. The zero-order valence-corrected chi connectivity index (χ0v) is 18.2. The van der Waals surface area contributed by atoms with Gasteiger partial charge in [0.1, 0.15) is 12.4 Å². The van der Waals surface area contributed by atoms with Gasteiger partial charge >= 0.3 is 5.97 Å². The van der Waals surface area contributed by atoms with Gasteiger partial charge in [0.15, 0.2) is 0 Å². The van der Waals surface area contributed by atoms with Gasteiger partial charge in [0.05, 0.1) is 12.5 Å². The normalized spacial score (nSPS) is 26.8. The monoisotopic (exact) mass is 408 g/mol. The number of carbonyl (C=O) groups is 2. The summed E-state index contributed by atoms with van der Waals surface area (Å²) in [5.74, 6) is -0.577. The van der Waals surface area contributed by atoms with Gasteiger partial charge in [-0.15, -0.1) is 0 Å². The third kappa shape index (κ3) is 3.36. The molecule has 1 heterocycles. The van der Waals surface area contributed by atoms with Crippen molar-refractivity contribution in [3.8, 4) is 0 Å². The van der Waals surface area contributed by atoms with Crippen LogP contribution >= 0.6 is 0 Å². The van der Waals surface area contributed by atoms with Gasteiger partial charge in [-0.1, -0.05) is 81.4 Å². The zero-order valence-electron chi connectivity index (χ0n) is 17.2. The van der Waals surface area contributed by atoms with E-state index >= 15 is 0 Å². The number of ether oxygens (including phenoxy) is 1. The molecule has 1 aliphatic heterocycles. The van der Waals surface area contributed by atoms with Crippen LogP contribution in [0.4, 0.5) is 0 Å². The molecule has 5 heteroatoms. The van der Waals surface area contributed by atoms with Gasteiger partial charge in [-0.3, -0.25) is 4.79 Å². The summed E-state index contributed by atoms with van der Waals surface area (Å²) in [7, 11) is -2.74. The lowest BCUT2D eigenvalue weighted by atomic mass is 9.94. The van der Waals surface area contributed by atoms with Crippen LogP contribution in [0.3, 0.4) is 0 Å². The second kappa shape index (κ2) is 7.54. The number of aldehydes is 1. The maximum atomic E-state index is 12.0. The number of carbonyl (C=O) groups excluding carboxylic acids is 2. The number of hydrogen-bond donors (Lipinski definition) is 0. The summed E-state index contributed by atoms with van der Waals surface area (Å²) in [5.41, 5.74) is 0. The Hall–Kier alpha value is -2.24. The van der Waals surface area contributed by atoms with Gasteiger partial charge in [-0.05, 0) is 15.4 Å². The van der Waals surface area contributed by atoms with Crippen LogP contribution in [-0.2, 0) is 18.8 Å². The van der Waals surface area contributed by atoms with Crippen LogP contribution in [0.15, 0.2) is 60.7 Å². The Kier molecular flexibility index (Phi) is 5.21.